The summed E-state index contributed by atoms with van der Waals surface area (Å²) in [6, 6.07) is 7.49. The molecule has 0 fully saturated rings. The molecule has 0 spiro atoms. The maximum Gasteiger partial charge on any atom is 0.354 e. The van der Waals surface area contributed by atoms with Gasteiger partial charge in [0, 0.05) is 5.56 Å². The maximum atomic E-state index is 11.2. The van der Waals surface area contributed by atoms with Crippen molar-refractivity contribution >= 4 is 11.7 Å². The molecule has 3 aromatic rings. The summed E-state index contributed by atoms with van der Waals surface area (Å²) in [6.07, 6.45) is 1.36. The number of hydrogen-bond donors (Lipinski definition) is 1. The molecule has 0 aliphatic carbocycles. The lowest BCUT2D eigenvalue weighted by molar-refractivity contribution is 0.0690. The maximum absolute atomic E-state index is 11.2. The molecule has 0 aliphatic heterocycles. The number of nitrogens with zero attached hydrogens (tertiary/aromatic N) is 4. The van der Waals surface area contributed by atoms with Crippen LogP contribution in [0.1, 0.15) is 21.6 Å². The van der Waals surface area contributed by atoms with Crippen molar-refractivity contribution in [3.05, 3.63) is 47.4 Å². The van der Waals surface area contributed by atoms with Crippen LogP contribution in [0.4, 0.5) is 0 Å². The van der Waals surface area contributed by atoms with Crippen LogP contribution in [0.5, 0.6) is 0 Å². The van der Waals surface area contributed by atoms with Gasteiger partial charge in [-0.1, -0.05) is 23.8 Å². The van der Waals surface area contributed by atoms with E-state index in [0.29, 0.717) is 5.69 Å². The van der Waals surface area contributed by atoms with Gasteiger partial charge in [-0.2, -0.15) is 14.6 Å². The van der Waals surface area contributed by atoms with Gasteiger partial charge >= 0.3 is 5.97 Å². The molecule has 0 atom stereocenters. The van der Waals surface area contributed by atoms with Crippen molar-refractivity contribution in [2.75, 3.05) is 0 Å². The van der Waals surface area contributed by atoms with Gasteiger partial charge in [-0.3, -0.25) is 0 Å². The van der Waals surface area contributed by atoms with Gasteiger partial charge in [0.1, 0.15) is 6.33 Å². The van der Waals surface area contributed by atoms with Crippen molar-refractivity contribution in [3.63, 3.8) is 0 Å². The topological polar surface area (TPSA) is 80.4 Å². The number of carboxylic acids is 1. The number of aromatic nitrogens is 4. The Morgan fingerprint density at radius 2 is 2.05 bits per heavy atom. The summed E-state index contributed by atoms with van der Waals surface area (Å²) in [5.74, 6) is -0.804. The second-order valence-electron chi connectivity index (χ2n) is 4.62. The van der Waals surface area contributed by atoms with E-state index < -0.39 is 5.97 Å². The summed E-state index contributed by atoms with van der Waals surface area (Å²) in [7, 11) is 0. The smallest absolute Gasteiger partial charge is 0.354 e. The van der Waals surface area contributed by atoms with Crippen molar-refractivity contribution in [2.24, 2.45) is 0 Å². The molecule has 1 aromatic carbocycles. The minimum absolute atomic E-state index is 0.0412. The zero-order valence-electron chi connectivity index (χ0n) is 11.0. The molecule has 20 heavy (non-hydrogen) atoms. The van der Waals surface area contributed by atoms with Crippen LogP contribution in [0, 0.1) is 13.8 Å². The fourth-order valence-electron chi connectivity index (χ4n) is 2.21. The summed E-state index contributed by atoms with van der Waals surface area (Å²) in [6.45, 7) is 3.99. The van der Waals surface area contributed by atoms with Gasteiger partial charge in [0.05, 0.1) is 5.69 Å². The molecule has 6 nitrogen and oxygen atoms in total. The van der Waals surface area contributed by atoms with Crippen molar-refractivity contribution in [1.82, 2.24) is 19.6 Å². The largest absolute Gasteiger partial charge is 0.477 e. The minimum atomic E-state index is -1.08. The molecule has 0 amide bonds. The number of carbonyl (C=O) groups is 1. The van der Waals surface area contributed by atoms with Crippen LogP contribution in [0.15, 0.2) is 30.6 Å². The first-order valence-electron chi connectivity index (χ1n) is 6.08. The fraction of sp³-hybridized carbons (Fsp3) is 0.143. The Morgan fingerprint density at radius 3 is 2.75 bits per heavy atom. The average Bonchev–Trinajstić information content (AvgIpc) is 2.86. The lowest BCUT2D eigenvalue weighted by Gasteiger charge is -2.09. The predicted octanol–water partition coefficient (Wildman–Crippen LogP) is 2.11. The van der Waals surface area contributed by atoms with Gasteiger partial charge in [0.2, 0.25) is 0 Å². The van der Waals surface area contributed by atoms with Crippen LogP contribution >= 0.6 is 0 Å². The number of aromatic carboxylic acids is 1. The SMILES string of the molecule is Cc1ccc(-c2cc(C(=O)O)nc3ncnn23)c(C)c1. The third-order valence-corrected chi connectivity index (χ3v) is 3.13. The van der Waals surface area contributed by atoms with Gasteiger partial charge < -0.3 is 5.11 Å². The third-order valence-electron chi connectivity index (χ3n) is 3.13. The molecular weight excluding hydrogens is 256 g/mol. The van der Waals surface area contributed by atoms with Crippen LogP contribution in [0.2, 0.25) is 0 Å². The van der Waals surface area contributed by atoms with Crippen molar-refractivity contribution in [2.45, 2.75) is 13.8 Å². The second-order valence-corrected chi connectivity index (χ2v) is 4.62. The van der Waals surface area contributed by atoms with E-state index in [-0.39, 0.29) is 11.5 Å². The van der Waals surface area contributed by atoms with E-state index in [2.05, 4.69) is 15.1 Å². The van der Waals surface area contributed by atoms with Crippen molar-refractivity contribution in [3.8, 4) is 11.3 Å². The van der Waals surface area contributed by atoms with Crippen LogP contribution < -0.4 is 0 Å². The van der Waals surface area contributed by atoms with Gasteiger partial charge in [0.15, 0.2) is 5.69 Å². The molecule has 6 heteroatoms. The highest BCUT2D eigenvalue weighted by Crippen LogP contribution is 2.24. The normalized spacial score (nSPS) is 10.9. The molecular formula is C14H12N4O2. The molecule has 2 heterocycles. The quantitative estimate of drug-likeness (QED) is 0.769. The summed E-state index contributed by atoms with van der Waals surface area (Å²) < 4.78 is 1.55. The van der Waals surface area contributed by atoms with E-state index in [1.54, 1.807) is 4.52 Å². The number of rotatable bonds is 2. The third kappa shape index (κ3) is 1.91. The molecule has 0 saturated carbocycles. The molecule has 100 valence electrons. The van der Waals surface area contributed by atoms with E-state index in [9.17, 15) is 4.79 Å². The molecule has 0 unspecified atom stereocenters. The minimum Gasteiger partial charge on any atom is -0.477 e. The number of benzene rings is 1. The second kappa shape index (κ2) is 4.41. The standard InChI is InChI=1S/C14H12N4O2/c1-8-3-4-10(9(2)5-8)12-6-11(13(19)20)17-14-15-7-16-18(12)14/h3-7H,1-2H3,(H,19,20). The highest BCUT2D eigenvalue weighted by Gasteiger charge is 2.14. The van der Waals surface area contributed by atoms with Crippen LogP contribution in [-0.2, 0) is 0 Å². The first-order chi connectivity index (χ1) is 9.56. The Hall–Kier alpha value is -2.76. The molecule has 3 rings (SSSR count). The Morgan fingerprint density at radius 1 is 1.25 bits per heavy atom. The zero-order chi connectivity index (χ0) is 14.3. The van der Waals surface area contributed by atoms with Crippen LogP contribution in [0.3, 0.4) is 0 Å². The van der Waals surface area contributed by atoms with E-state index >= 15 is 0 Å². The molecule has 1 N–H and O–H groups in total. The Bertz CT molecular complexity index is 823. The van der Waals surface area contributed by atoms with Gasteiger partial charge in [-0.05, 0) is 25.5 Å². The molecule has 2 aromatic heterocycles. The number of carboxylic acid groups (broad SMARTS) is 1. The van der Waals surface area contributed by atoms with Gasteiger partial charge in [-0.25, -0.2) is 9.78 Å². The Labute approximate surface area is 114 Å². The lowest BCUT2D eigenvalue weighted by Crippen LogP contribution is -2.06. The monoisotopic (exact) mass is 268 g/mol. The lowest BCUT2D eigenvalue weighted by atomic mass is 10.0. The molecule has 0 radical (unpaired) electrons. The number of hydrogen-bond acceptors (Lipinski definition) is 4. The van der Waals surface area contributed by atoms with E-state index in [1.165, 1.54) is 12.4 Å². The van der Waals surface area contributed by atoms with Crippen molar-refractivity contribution in [1.29, 1.82) is 0 Å². The average molecular weight is 268 g/mol. The van der Waals surface area contributed by atoms with E-state index in [1.807, 2.05) is 32.0 Å². The van der Waals surface area contributed by atoms with Gasteiger partial charge in [0.25, 0.3) is 5.78 Å². The summed E-state index contributed by atoms with van der Waals surface area (Å²) in [4.78, 5) is 19.1. The van der Waals surface area contributed by atoms with Gasteiger partial charge in [-0.15, -0.1) is 0 Å². The highest BCUT2D eigenvalue weighted by atomic mass is 16.4. The number of aryl methyl sites for hydroxylation is 2. The summed E-state index contributed by atoms with van der Waals surface area (Å²) >= 11 is 0. The van der Waals surface area contributed by atoms with Crippen molar-refractivity contribution < 1.29 is 9.90 Å². The number of fused-ring (bicyclic) bond motifs is 1. The highest BCUT2D eigenvalue weighted by molar-refractivity contribution is 5.87. The summed E-state index contributed by atoms with van der Waals surface area (Å²) in [5.41, 5.74) is 3.73. The van der Waals surface area contributed by atoms with E-state index in [0.717, 1.165) is 16.7 Å². The zero-order valence-corrected chi connectivity index (χ0v) is 11.0. The first kappa shape index (κ1) is 12.3. The predicted molar refractivity (Wildman–Crippen MR) is 72.7 cm³/mol. The molecule has 0 aliphatic rings. The van der Waals surface area contributed by atoms with Crippen LogP contribution in [-0.4, -0.2) is 30.7 Å². The Kier molecular flexibility index (Phi) is 2.71. The Balaban J connectivity index is 2.33. The fourth-order valence-corrected chi connectivity index (χ4v) is 2.21. The van der Waals surface area contributed by atoms with Crippen LogP contribution in [0.25, 0.3) is 17.0 Å². The molecule has 0 bridgehead atoms. The first-order valence-corrected chi connectivity index (χ1v) is 6.08. The summed E-state index contributed by atoms with van der Waals surface area (Å²) in [5, 5.41) is 13.3. The molecule has 0 saturated heterocycles. The van der Waals surface area contributed by atoms with E-state index in [4.69, 9.17) is 5.11 Å².